The molecule has 0 saturated carbocycles. The van der Waals surface area contributed by atoms with Gasteiger partial charge < -0.3 is 15.4 Å². The summed E-state index contributed by atoms with van der Waals surface area (Å²) in [5.74, 6) is 0. The molecule has 0 radical (unpaired) electrons. The third-order valence-corrected chi connectivity index (χ3v) is 4.86. The van der Waals surface area contributed by atoms with Gasteiger partial charge in [-0.3, -0.25) is 0 Å². The van der Waals surface area contributed by atoms with Crippen molar-refractivity contribution in [2.24, 2.45) is 5.73 Å². The van der Waals surface area contributed by atoms with Gasteiger partial charge in [0.1, 0.15) is 0 Å². The lowest BCUT2D eigenvalue weighted by Gasteiger charge is -2.34. The molecular weight excluding hydrogens is 316 g/mol. The second-order valence-electron chi connectivity index (χ2n) is 5.59. The van der Waals surface area contributed by atoms with Crippen molar-refractivity contribution in [3.8, 4) is 0 Å². The summed E-state index contributed by atoms with van der Waals surface area (Å²) in [6, 6.07) is 6.87. The molecule has 20 heavy (non-hydrogen) atoms. The average Bonchev–Trinajstić information content (AvgIpc) is 2.49. The lowest BCUT2D eigenvalue weighted by Crippen LogP contribution is -2.39. The summed E-state index contributed by atoms with van der Waals surface area (Å²) in [5.41, 5.74) is 8.61. The van der Waals surface area contributed by atoms with Crippen LogP contribution in [0, 0.1) is 0 Å². The summed E-state index contributed by atoms with van der Waals surface area (Å²) in [5, 5.41) is 0. The molecule has 1 aromatic carbocycles. The zero-order chi connectivity index (χ0) is 14.5. The normalized spacial score (nSPS) is 21.0. The Hall–Kier alpha value is -0.580. The van der Waals surface area contributed by atoms with Crippen molar-refractivity contribution in [2.75, 3.05) is 25.1 Å². The molecule has 1 saturated heterocycles. The van der Waals surface area contributed by atoms with Gasteiger partial charge in [-0.1, -0.05) is 28.9 Å². The topological polar surface area (TPSA) is 38.5 Å². The number of methoxy groups -OCH3 is 1. The smallest absolute Gasteiger partial charge is 0.0746 e. The number of hydrogen-bond acceptors (Lipinski definition) is 3. The fourth-order valence-corrected chi connectivity index (χ4v) is 3.22. The number of rotatable bonds is 5. The highest BCUT2D eigenvalue weighted by Crippen LogP contribution is 2.27. The van der Waals surface area contributed by atoms with Gasteiger partial charge in [-0.15, -0.1) is 0 Å². The number of piperidine rings is 1. The highest BCUT2D eigenvalue weighted by molar-refractivity contribution is 9.10. The maximum Gasteiger partial charge on any atom is 0.0746 e. The third-order valence-electron chi connectivity index (χ3n) is 4.12. The van der Waals surface area contributed by atoms with Gasteiger partial charge in [0, 0.05) is 36.4 Å². The van der Waals surface area contributed by atoms with Gasteiger partial charge in [0.15, 0.2) is 0 Å². The quantitative estimate of drug-likeness (QED) is 0.893. The van der Waals surface area contributed by atoms with E-state index in [1.54, 1.807) is 7.11 Å². The maximum absolute atomic E-state index is 6.04. The van der Waals surface area contributed by atoms with Gasteiger partial charge in [-0.25, -0.2) is 0 Å². The molecule has 3 nitrogen and oxygen atoms in total. The van der Waals surface area contributed by atoms with Crippen molar-refractivity contribution < 1.29 is 4.74 Å². The second kappa shape index (κ2) is 7.43. The van der Waals surface area contributed by atoms with Crippen LogP contribution < -0.4 is 10.6 Å². The Morgan fingerprint density at radius 1 is 1.50 bits per heavy atom. The van der Waals surface area contributed by atoms with E-state index in [4.69, 9.17) is 10.5 Å². The molecule has 1 aliphatic heterocycles. The molecule has 0 aromatic heterocycles. The first kappa shape index (κ1) is 15.8. The number of ether oxygens (including phenoxy) is 1. The lowest BCUT2D eigenvalue weighted by molar-refractivity contribution is 0.0893. The first-order valence-electron chi connectivity index (χ1n) is 7.45. The molecule has 1 heterocycles. The minimum atomic E-state index is 0.241. The molecule has 0 amide bonds. The summed E-state index contributed by atoms with van der Waals surface area (Å²) < 4.78 is 6.66. The van der Waals surface area contributed by atoms with Crippen LogP contribution in [0.15, 0.2) is 22.7 Å². The summed E-state index contributed by atoms with van der Waals surface area (Å²) in [6.07, 6.45) is 4.65. The summed E-state index contributed by atoms with van der Waals surface area (Å²) in [6.45, 7) is 4.22. The van der Waals surface area contributed by atoms with Crippen LogP contribution in [0.4, 0.5) is 5.69 Å². The molecule has 1 aliphatic rings. The van der Waals surface area contributed by atoms with Crippen LogP contribution in [0.1, 0.15) is 31.7 Å². The largest absolute Gasteiger partial charge is 0.380 e. The van der Waals surface area contributed by atoms with Crippen LogP contribution >= 0.6 is 15.9 Å². The van der Waals surface area contributed by atoms with E-state index in [1.165, 1.54) is 22.1 Å². The van der Waals surface area contributed by atoms with Gasteiger partial charge in [0.25, 0.3) is 0 Å². The van der Waals surface area contributed by atoms with Crippen molar-refractivity contribution in [2.45, 2.75) is 44.8 Å². The average molecular weight is 341 g/mol. The Kier molecular flexibility index (Phi) is 5.87. The summed E-state index contributed by atoms with van der Waals surface area (Å²) in [4.78, 5) is 2.41. The number of anilines is 1. The zero-order valence-corrected chi connectivity index (χ0v) is 14.0. The first-order valence-corrected chi connectivity index (χ1v) is 8.25. The molecule has 0 spiro atoms. The van der Waals surface area contributed by atoms with Crippen LogP contribution in [-0.4, -0.2) is 32.3 Å². The maximum atomic E-state index is 6.04. The fourth-order valence-electron chi connectivity index (χ4n) is 2.69. The second-order valence-corrected chi connectivity index (χ2v) is 6.45. The highest BCUT2D eigenvalue weighted by Gasteiger charge is 2.20. The van der Waals surface area contributed by atoms with Gasteiger partial charge in [0.2, 0.25) is 0 Å². The minimum Gasteiger partial charge on any atom is -0.380 e. The van der Waals surface area contributed by atoms with Crippen molar-refractivity contribution in [1.29, 1.82) is 0 Å². The van der Waals surface area contributed by atoms with E-state index >= 15 is 0 Å². The number of benzene rings is 1. The van der Waals surface area contributed by atoms with E-state index in [-0.39, 0.29) is 6.04 Å². The Bertz CT molecular complexity index is 438. The van der Waals surface area contributed by atoms with Crippen molar-refractivity contribution in [3.63, 3.8) is 0 Å². The van der Waals surface area contributed by atoms with Crippen LogP contribution in [-0.2, 0) is 11.2 Å². The van der Waals surface area contributed by atoms with E-state index in [1.807, 2.05) is 0 Å². The van der Waals surface area contributed by atoms with Crippen LogP contribution in [0.2, 0.25) is 0 Å². The monoisotopic (exact) mass is 340 g/mol. The molecule has 2 unspecified atom stereocenters. The zero-order valence-electron chi connectivity index (χ0n) is 12.4. The molecule has 0 bridgehead atoms. The number of halogens is 1. The molecule has 4 heteroatoms. The third kappa shape index (κ3) is 3.96. The number of hydrogen-bond donors (Lipinski definition) is 1. The Labute approximate surface area is 130 Å². The number of nitrogens with zero attached hydrogens (tertiary/aromatic N) is 1. The van der Waals surface area contributed by atoms with Crippen molar-refractivity contribution in [3.05, 3.63) is 28.2 Å². The predicted octanol–water partition coefficient (Wildman–Crippen LogP) is 3.34. The van der Waals surface area contributed by atoms with Crippen LogP contribution in [0.25, 0.3) is 0 Å². The molecule has 2 atom stereocenters. The highest BCUT2D eigenvalue weighted by atomic mass is 79.9. The van der Waals surface area contributed by atoms with E-state index in [2.05, 4.69) is 46.0 Å². The minimum absolute atomic E-state index is 0.241. The van der Waals surface area contributed by atoms with E-state index in [9.17, 15) is 0 Å². The van der Waals surface area contributed by atoms with E-state index in [0.717, 1.165) is 32.4 Å². The molecule has 2 N–H and O–H groups in total. The SMILES string of the molecule is CCC(N)Cc1ccc(N2CCCC(OC)C2)cc1Br. The van der Waals surface area contributed by atoms with Crippen molar-refractivity contribution in [1.82, 2.24) is 0 Å². The molecule has 112 valence electrons. The summed E-state index contributed by atoms with van der Waals surface area (Å²) in [7, 11) is 1.80. The van der Waals surface area contributed by atoms with Gasteiger partial charge in [-0.2, -0.15) is 0 Å². The van der Waals surface area contributed by atoms with Crippen LogP contribution in [0.5, 0.6) is 0 Å². The standard InChI is InChI=1S/C16H25BrN2O/c1-3-13(18)9-12-6-7-14(10-16(12)17)19-8-4-5-15(11-19)20-2/h6-7,10,13,15H,3-5,8-9,11,18H2,1-2H3. The summed E-state index contributed by atoms with van der Waals surface area (Å²) >= 11 is 3.69. The molecular formula is C16H25BrN2O. The van der Waals surface area contributed by atoms with E-state index < -0.39 is 0 Å². The predicted molar refractivity (Wildman–Crippen MR) is 88.4 cm³/mol. The molecule has 0 aliphatic carbocycles. The Morgan fingerprint density at radius 2 is 2.30 bits per heavy atom. The Balaban J connectivity index is 2.08. The van der Waals surface area contributed by atoms with Crippen LogP contribution in [0.3, 0.4) is 0 Å². The van der Waals surface area contributed by atoms with Crippen molar-refractivity contribution >= 4 is 21.6 Å². The Morgan fingerprint density at radius 3 is 2.95 bits per heavy atom. The van der Waals surface area contributed by atoms with Gasteiger partial charge in [-0.05, 0) is 43.4 Å². The molecule has 1 fully saturated rings. The lowest BCUT2D eigenvalue weighted by atomic mass is 10.0. The van der Waals surface area contributed by atoms with E-state index in [0.29, 0.717) is 6.10 Å². The fraction of sp³-hybridized carbons (Fsp3) is 0.625. The first-order chi connectivity index (χ1) is 9.63. The van der Waals surface area contributed by atoms with Gasteiger partial charge in [0.05, 0.1) is 6.10 Å². The molecule has 1 aromatic rings. The number of nitrogens with two attached hydrogens (primary N) is 1. The molecule has 2 rings (SSSR count). The van der Waals surface area contributed by atoms with Gasteiger partial charge >= 0.3 is 0 Å².